The largest absolute Gasteiger partial charge is 0.338 e. The number of aromatic nitrogens is 1. The minimum atomic E-state index is -0.354. The fourth-order valence-corrected chi connectivity index (χ4v) is 2.25. The molecule has 0 radical (unpaired) electrons. The molecule has 2 amide bonds. The molecule has 0 atom stereocenters. The van der Waals surface area contributed by atoms with Gasteiger partial charge < -0.3 is 9.84 Å². The van der Waals surface area contributed by atoms with Crippen molar-refractivity contribution in [2.75, 3.05) is 10.6 Å². The third-order valence-electron chi connectivity index (χ3n) is 3.04. The van der Waals surface area contributed by atoms with Crippen LogP contribution in [0.3, 0.4) is 0 Å². The van der Waals surface area contributed by atoms with E-state index >= 15 is 0 Å². The van der Waals surface area contributed by atoms with Crippen LogP contribution in [-0.2, 0) is 12.8 Å². The van der Waals surface area contributed by atoms with E-state index in [1.54, 1.807) is 24.3 Å². The summed E-state index contributed by atoms with van der Waals surface area (Å²) in [4.78, 5) is 11.8. The lowest BCUT2D eigenvalue weighted by Crippen LogP contribution is -2.19. The Labute approximate surface area is 114 Å². The van der Waals surface area contributed by atoms with Crippen LogP contribution in [0.2, 0.25) is 5.02 Å². The maximum atomic E-state index is 11.8. The van der Waals surface area contributed by atoms with Crippen LogP contribution in [0.5, 0.6) is 0 Å². The number of urea groups is 1. The van der Waals surface area contributed by atoms with E-state index in [-0.39, 0.29) is 6.03 Å². The average Bonchev–Trinajstić information content (AvgIpc) is 2.97. The van der Waals surface area contributed by atoms with Gasteiger partial charge in [-0.2, -0.15) is 0 Å². The molecule has 0 spiro atoms. The highest BCUT2D eigenvalue weighted by Gasteiger charge is 2.22. The second-order valence-corrected chi connectivity index (χ2v) is 4.81. The molecule has 2 N–H and O–H groups in total. The van der Waals surface area contributed by atoms with E-state index in [2.05, 4.69) is 15.8 Å². The maximum Gasteiger partial charge on any atom is 0.326 e. The van der Waals surface area contributed by atoms with E-state index < -0.39 is 0 Å². The number of rotatable bonds is 2. The molecule has 0 aliphatic heterocycles. The zero-order chi connectivity index (χ0) is 13.2. The molecule has 0 saturated carbocycles. The maximum absolute atomic E-state index is 11.8. The van der Waals surface area contributed by atoms with Gasteiger partial charge in [0.25, 0.3) is 0 Å². The molecule has 5 nitrogen and oxygen atoms in total. The molecule has 1 heterocycles. The van der Waals surface area contributed by atoms with Crippen LogP contribution < -0.4 is 10.6 Å². The van der Waals surface area contributed by atoms with E-state index in [1.165, 1.54) is 0 Å². The van der Waals surface area contributed by atoms with Gasteiger partial charge in [-0.05, 0) is 43.5 Å². The molecule has 1 aliphatic rings. The fourth-order valence-electron chi connectivity index (χ4n) is 2.13. The Morgan fingerprint density at radius 1 is 1.21 bits per heavy atom. The predicted octanol–water partition coefficient (Wildman–Crippen LogP) is 3.46. The van der Waals surface area contributed by atoms with Crippen molar-refractivity contribution in [2.45, 2.75) is 19.3 Å². The molecule has 3 rings (SSSR count). The van der Waals surface area contributed by atoms with Gasteiger partial charge in [0.05, 0.1) is 5.69 Å². The molecule has 6 heteroatoms. The van der Waals surface area contributed by atoms with E-state index in [9.17, 15) is 4.79 Å². The number of amides is 2. The van der Waals surface area contributed by atoms with E-state index in [4.69, 9.17) is 16.1 Å². The minimum absolute atomic E-state index is 0.354. The van der Waals surface area contributed by atoms with Gasteiger partial charge in [0, 0.05) is 16.3 Å². The number of anilines is 2. The van der Waals surface area contributed by atoms with Crippen molar-refractivity contribution >= 4 is 29.2 Å². The Balaban J connectivity index is 1.66. The standard InChI is InChI=1S/C13H12ClN3O2/c14-8-4-6-9(7-5-8)15-13(18)16-12-10-2-1-3-11(10)17-19-12/h4-7H,1-3H2,(H2,15,16,18). The van der Waals surface area contributed by atoms with E-state index in [1.807, 2.05) is 0 Å². The summed E-state index contributed by atoms with van der Waals surface area (Å²) in [5.41, 5.74) is 2.62. The number of fused-ring (bicyclic) bond motifs is 1. The van der Waals surface area contributed by atoms with Crippen molar-refractivity contribution in [3.63, 3.8) is 0 Å². The summed E-state index contributed by atoms with van der Waals surface area (Å²) in [6.45, 7) is 0. The number of nitrogens with one attached hydrogen (secondary N) is 2. The first-order valence-electron chi connectivity index (χ1n) is 6.03. The van der Waals surface area contributed by atoms with Crippen molar-refractivity contribution in [3.8, 4) is 0 Å². The first-order chi connectivity index (χ1) is 9.22. The van der Waals surface area contributed by atoms with Crippen LogP contribution in [0.15, 0.2) is 28.8 Å². The highest BCUT2D eigenvalue weighted by molar-refractivity contribution is 6.30. The third kappa shape index (κ3) is 2.56. The summed E-state index contributed by atoms with van der Waals surface area (Å²) in [6, 6.07) is 6.53. The topological polar surface area (TPSA) is 67.2 Å². The normalized spacial score (nSPS) is 13.1. The molecule has 0 unspecified atom stereocenters. The van der Waals surface area contributed by atoms with Crippen LogP contribution >= 0.6 is 11.6 Å². The average molecular weight is 278 g/mol. The smallest absolute Gasteiger partial charge is 0.326 e. The summed E-state index contributed by atoms with van der Waals surface area (Å²) in [7, 11) is 0. The number of halogens is 1. The van der Waals surface area contributed by atoms with Gasteiger partial charge >= 0.3 is 6.03 Å². The third-order valence-corrected chi connectivity index (χ3v) is 3.29. The molecule has 1 aromatic heterocycles. The molecular weight excluding hydrogens is 266 g/mol. The first kappa shape index (κ1) is 12.0. The van der Waals surface area contributed by atoms with Gasteiger partial charge in [0.15, 0.2) is 0 Å². The molecular formula is C13H12ClN3O2. The van der Waals surface area contributed by atoms with Crippen molar-refractivity contribution < 1.29 is 9.32 Å². The Morgan fingerprint density at radius 3 is 2.79 bits per heavy atom. The molecule has 0 fully saturated rings. The minimum Gasteiger partial charge on any atom is -0.338 e. The van der Waals surface area contributed by atoms with Gasteiger partial charge in [0.1, 0.15) is 0 Å². The van der Waals surface area contributed by atoms with E-state index in [0.29, 0.717) is 16.6 Å². The zero-order valence-electron chi connectivity index (χ0n) is 10.1. The van der Waals surface area contributed by atoms with Crippen molar-refractivity contribution in [2.24, 2.45) is 0 Å². The summed E-state index contributed by atoms with van der Waals surface area (Å²) in [5, 5.41) is 9.93. The van der Waals surface area contributed by atoms with Crippen LogP contribution in [0.1, 0.15) is 17.7 Å². The number of hydrogen-bond donors (Lipinski definition) is 2. The summed E-state index contributed by atoms with van der Waals surface area (Å²) >= 11 is 5.78. The lowest BCUT2D eigenvalue weighted by Gasteiger charge is -2.05. The number of carbonyl (C=O) groups excluding carboxylic acids is 1. The van der Waals surface area contributed by atoms with Gasteiger partial charge in [-0.3, -0.25) is 5.32 Å². The van der Waals surface area contributed by atoms with Crippen LogP contribution in [0.4, 0.5) is 16.4 Å². The Bertz CT molecular complexity index is 607. The molecule has 0 saturated heterocycles. The number of carbonyl (C=O) groups is 1. The number of aryl methyl sites for hydroxylation is 1. The highest BCUT2D eigenvalue weighted by Crippen LogP contribution is 2.28. The first-order valence-corrected chi connectivity index (χ1v) is 6.41. The number of nitrogens with zero attached hydrogens (tertiary/aromatic N) is 1. The molecule has 0 bridgehead atoms. The number of benzene rings is 1. The lowest BCUT2D eigenvalue weighted by molar-refractivity contribution is 0.261. The van der Waals surface area contributed by atoms with Crippen LogP contribution in [0.25, 0.3) is 0 Å². The Kier molecular flexibility index (Phi) is 3.13. The second-order valence-electron chi connectivity index (χ2n) is 4.38. The van der Waals surface area contributed by atoms with Crippen LogP contribution in [0, 0.1) is 0 Å². The fraction of sp³-hybridized carbons (Fsp3) is 0.231. The molecule has 98 valence electrons. The Morgan fingerprint density at radius 2 is 2.00 bits per heavy atom. The Hall–Kier alpha value is -2.01. The second kappa shape index (κ2) is 4.93. The van der Waals surface area contributed by atoms with Crippen LogP contribution in [-0.4, -0.2) is 11.2 Å². The zero-order valence-corrected chi connectivity index (χ0v) is 10.8. The summed E-state index contributed by atoms with van der Waals surface area (Å²) < 4.78 is 5.12. The van der Waals surface area contributed by atoms with Crippen molar-refractivity contribution in [3.05, 3.63) is 40.5 Å². The van der Waals surface area contributed by atoms with Crippen molar-refractivity contribution in [1.29, 1.82) is 0 Å². The molecule has 1 aromatic carbocycles. The van der Waals surface area contributed by atoms with E-state index in [0.717, 1.165) is 30.5 Å². The monoisotopic (exact) mass is 277 g/mol. The lowest BCUT2D eigenvalue weighted by atomic mass is 10.3. The number of hydrogen-bond acceptors (Lipinski definition) is 3. The predicted molar refractivity (Wildman–Crippen MR) is 72.6 cm³/mol. The van der Waals surface area contributed by atoms with Crippen molar-refractivity contribution in [1.82, 2.24) is 5.16 Å². The van der Waals surface area contributed by atoms with Gasteiger partial charge in [0.2, 0.25) is 5.88 Å². The SMILES string of the molecule is O=C(Nc1ccc(Cl)cc1)Nc1onc2c1CCC2. The quantitative estimate of drug-likeness (QED) is 0.883. The highest BCUT2D eigenvalue weighted by atomic mass is 35.5. The summed E-state index contributed by atoms with van der Waals surface area (Å²) in [5.74, 6) is 0.443. The summed E-state index contributed by atoms with van der Waals surface area (Å²) in [6.07, 6.45) is 2.87. The molecule has 2 aromatic rings. The molecule has 1 aliphatic carbocycles. The van der Waals surface area contributed by atoms with Gasteiger partial charge in [-0.15, -0.1) is 0 Å². The van der Waals surface area contributed by atoms with Gasteiger partial charge in [-0.25, -0.2) is 4.79 Å². The molecule has 19 heavy (non-hydrogen) atoms. The van der Waals surface area contributed by atoms with Gasteiger partial charge in [-0.1, -0.05) is 16.8 Å².